The normalized spacial score (nSPS) is 13.3. The van der Waals surface area contributed by atoms with Gasteiger partial charge in [-0.3, -0.25) is 4.98 Å². The van der Waals surface area contributed by atoms with Gasteiger partial charge in [0.2, 0.25) is 0 Å². The van der Waals surface area contributed by atoms with Crippen molar-refractivity contribution in [3.8, 4) is 6.07 Å². The van der Waals surface area contributed by atoms with Crippen LogP contribution in [0.2, 0.25) is 0 Å². The summed E-state index contributed by atoms with van der Waals surface area (Å²) in [6, 6.07) is 17.9. The number of aromatic nitrogens is 3. The van der Waals surface area contributed by atoms with Crippen molar-refractivity contribution in [1.29, 1.82) is 5.26 Å². The Morgan fingerprint density at radius 2 is 1.90 bits per heavy atom. The van der Waals surface area contributed by atoms with Crippen molar-refractivity contribution in [3.63, 3.8) is 0 Å². The van der Waals surface area contributed by atoms with Crippen LogP contribution in [0.5, 0.6) is 0 Å². The van der Waals surface area contributed by atoms with E-state index in [0.717, 1.165) is 17.0 Å². The van der Waals surface area contributed by atoms with E-state index in [2.05, 4.69) is 21.0 Å². The lowest BCUT2D eigenvalue weighted by Gasteiger charge is -2.26. The maximum Gasteiger partial charge on any atom is 0.130 e. The van der Waals surface area contributed by atoms with E-state index < -0.39 is 5.41 Å². The van der Waals surface area contributed by atoms with Gasteiger partial charge in [-0.2, -0.15) is 5.26 Å². The smallest absolute Gasteiger partial charge is 0.130 e. The molecule has 0 amide bonds. The first-order chi connectivity index (χ1) is 10.3. The number of nitrogens with zero attached hydrogens (tertiary/aromatic N) is 3. The van der Waals surface area contributed by atoms with Crippen LogP contribution in [0.15, 0.2) is 67.3 Å². The summed E-state index contributed by atoms with van der Waals surface area (Å²) in [5, 5.41) is 9.96. The third kappa shape index (κ3) is 2.41. The Morgan fingerprint density at radius 1 is 1.10 bits per heavy atom. The van der Waals surface area contributed by atoms with E-state index in [4.69, 9.17) is 0 Å². The molecule has 2 aromatic heterocycles. The molecule has 3 rings (SSSR count). The Morgan fingerprint density at radius 3 is 2.52 bits per heavy atom. The number of rotatable bonds is 4. The minimum Gasteiger partial charge on any atom is -0.348 e. The van der Waals surface area contributed by atoms with Crippen molar-refractivity contribution >= 4 is 0 Å². The lowest BCUT2D eigenvalue weighted by molar-refractivity contribution is 0.622. The SMILES string of the molecule is N#CC(Cc1cnc[nH]1)(c1ccccc1)c1ccccn1. The molecular formula is C17H14N4. The lowest BCUT2D eigenvalue weighted by Crippen LogP contribution is -2.30. The van der Waals surface area contributed by atoms with Gasteiger partial charge < -0.3 is 4.98 Å². The van der Waals surface area contributed by atoms with Gasteiger partial charge in [-0.25, -0.2) is 4.98 Å². The number of nitrogens with one attached hydrogen (secondary N) is 1. The van der Waals surface area contributed by atoms with Gasteiger partial charge in [0, 0.05) is 24.5 Å². The van der Waals surface area contributed by atoms with E-state index in [1.54, 1.807) is 18.7 Å². The quantitative estimate of drug-likeness (QED) is 0.795. The molecule has 0 fully saturated rings. The van der Waals surface area contributed by atoms with Crippen molar-refractivity contribution in [2.24, 2.45) is 0 Å². The number of pyridine rings is 1. The van der Waals surface area contributed by atoms with Crippen LogP contribution >= 0.6 is 0 Å². The molecule has 0 aliphatic carbocycles. The Kier molecular flexibility index (Phi) is 3.48. The zero-order chi connectivity index (χ0) is 14.5. The Bertz CT molecular complexity index is 688. The molecule has 102 valence electrons. The first-order valence-corrected chi connectivity index (χ1v) is 6.71. The standard InChI is InChI=1S/C17H14N4/c18-12-17(10-15-11-19-13-21-15,14-6-2-1-3-7-14)16-8-4-5-9-20-16/h1-9,11,13H,10H2,(H,19,21). The van der Waals surface area contributed by atoms with Crippen LogP contribution in [0.1, 0.15) is 17.0 Å². The number of H-pyrrole nitrogens is 1. The summed E-state index contributed by atoms with van der Waals surface area (Å²) < 4.78 is 0. The second kappa shape index (κ2) is 5.59. The molecule has 3 aromatic rings. The van der Waals surface area contributed by atoms with Crippen molar-refractivity contribution in [1.82, 2.24) is 15.0 Å². The van der Waals surface area contributed by atoms with E-state index >= 15 is 0 Å². The molecule has 0 aliphatic heterocycles. The summed E-state index contributed by atoms with van der Waals surface area (Å²) in [6.45, 7) is 0. The van der Waals surface area contributed by atoms with Crippen molar-refractivity contribution in [2.75, 3.05) is 0 Å². The minimum absolute atomic E-state index is 0.504. The van der Waals surface area contributed by atoms with Crippen LogP contribution in [-0.4, -0.2) is 15.0 Å². The summed E-state index contributed by atoms with van der Waals surface area (Å²) in [5.74, 6) is 0. The van der Waals surface area contributed by atoms with Gasteiger partial charge in [0.05, 0.1) is 18.1 Å². The number of aromatic amines is 1. The fourth-order valence-electron chi connectivity index (χ4n) is 2.51. The molecule has 1 N–H and O–H groups in total. The van der Waals surface area contributed by atoms with Gasteiger partial charge in [-0.1, -0.05) is 36.4 Å². The second-order valence-electron chi connectivity index (χ2n) is 4.85. The summed E-state index contributed by atoms with van der Waals surface area (Å²) in [5.41, 5.74) is 1.76. The van der Waals surface area contributed by atoms with Gasteiger partial charge in [0.15, 0.2) is 0 Å². The monoisotopic (exact) mass is 274 g/mol. The fourth-order valence-corrected chi connectivity index (χ4v) is 2.51. The highest BCUT2D eigenvalue weighted by Crippen LogP contribution is 2.33. The topological polar surface area (TPSA) is 65.4 Å². The molecule has 21 heavy (non-hydrogen) atoms. The number of imidazole rings is 1. The maximum atomic E-state index is 9.96. The van der Waals surface area contributed by atoms with Crippen LogP contribution in [0.25, 0.3) is 0 Å². The predicted octanol–water partition coefficient (Wildman–Crippen LogP) is 2.86. The molecule has 0 radical (unpaired) electrons. The molecule has 0 bridgehead atoms. The highest BCUT2D eigenvalue weighted by Gasteiger charge is 2.36. The molecule has 1 aromatic carbocycles. The van der Waals surface area contributed by atoms with E-state index in [1.165, 1.54) is 0 Å². The van der Waals surface area contributed by atoms with Gasteiger partial charge in [-0.15, -0.1) is 0 Å². The highest BCUT2D eigenvalue weighted by molar-refractivity contribution is 5.44. The zero-order valence-electron chi connectivity index (χ0n) is 11.4. The number of nitriles is 1. The van der Waals surface area contributed by atoms with Crippen LogP contribution in [0, 0.1) is 11.3 Å². The molecule has 2 heterocycles. The lowest BCUT2D eigenvalue weighted by atomic mass is 9.75. The number of benzene rings is 1. The summed E-state index contributed by atoms with van der Waals surface area (Å²) in [7, 11) is 0. The summed E-state index contributed by atoms with van der Waals surface area (Å²) >= 11 is 0. The number of hydrogen-bond acceptors (Lipinski definition) is 3. The van der Waals surface area contributed by atoms with Gasteiger partial charge in [0.1, 0.15) is 5.41 Å². The predicted molar refractivity (Wildman–Crippen MR) is 79.4 cm³/mol. The molecule has 0 spiro atoms. The van der Waals surface area contributed by atoms with E-state index in [-0.39, 0.29) is 0 Å². The average Bonchev–Trinajstić information content (AvgIpc) is 3.07. The van der Waals surface area contributed by atoms with Crippen LogP contribution in [0.3, 0.4) is 0 Å². The van der Waals surface area contributed by atoms with E-state index in [0.29, 0.717) is 6.42 Å². The minimum atomic E-state index is -0.824. The molecule has 1 unspecified atom stereocenters. The largest absolute Gasteiger partial charge is 0.348 e. The first kappa shape index (κ1) is 13.1. The second-order valence-corrected chi connectivity index (χ2v) is 4.85. The first-order valence-electron chi connectivity index (χ1n) is 6.71. The van der Waals surface area contributed by atoms with Gasteiger partial charge >= 0.3 is 0 Å². The summed E-state index contributed by atoms with van der Waals surface area (Å²) in [4.78, 5) is 11.5. The molecular weight excluding hydrogens is 260 g/mol. The molecule has 0 aliphatic rings. The fraction of sp³-hybridized carbons (Fsp3) is 0.118. The molecule has 4 heteroatoms. The zero-order valence-corrected chi connectivity index (χ0v) is 11.4. The number of hydrogen-bond donors (Lipinski definition) is 1. The van der Waals surface area contributed by atoms with Crippen molar-refractivity contribution < 1.29 is 0 Å². The molecule has 4 nitrogen and oxygen atoms in total. The van der Waals surface area contributed by atoms with Crippen molar-refractivity contribution in [2.45, 2.75) is 11.8 Å². The third-order valence-corrected chi connectivity index (χ3v) is 3.57. The van der Waals surface area contributed by atoms with Crippen LogP contribution in [-0.2, 0) is 11.8 Å². The van der Waals surface area contributed by atoms with Crippen LogP contribution < -0.4 is 0 Å². The Hall–Kier alpha value is -2.93. The summed E-state index contributed by atoms with van der Waals surface area (Å²) in [6.07, 6.45) is 5.60. The molecule has 0 saturated heterocycles. The van der Waals surface area contributed by atoms with Crippen molar-refractivity contribution in [3.05, 3.63) is 84.2 Å². The third-order valence-electron chi connectivity index (χ3n) is 3.57. The molecule has 0 saturated carbocycles. The van der Waals surface area contributed by atoms with E-state index in [1.807, 2.05) is 48.5 Å². The average molecular weight is 274 g/mol. The van der Waals surface area contributed by atoms with Crippen LogP contribution in [0.4, 0.5) is 0 Å². The van der Waals surface area contributed by atoms with Gasteiger partial charge in [0.25, 0.3) is 0 Å². The Balaban J connectivity index is 2.16. The maximum absolute atomic E-state index is 9.96. The van der Waals surface area contributed by atoms with Gasteiger partial charge in [-0.05, 0) is 17.7 Å². The molecule has 1 atom stereocenters. The Labute approximate surface area is 123 Å². The van der Waals surface area contributed by atoms with E-state index in [9.17, 15) is 5.26 Å². The highest BCUT2D eigenvalue weighted by atomic mass is 14.9.